The van der Waals surface area contributed by atoms with Crippen LogP contribution in [-0.2, 0) is 9.53 Å². The van der Waals surface area contributed by atoms with E-state index in [2.05, 4.69) is 4.90 Å². The topological polar surface area (TPSA) is 92.5 Å². The highest BCUT2D eigenvalue weighted by molar-refractivity contribution is 6.16. The van der Waals surface area contributed by atoms with Crippen LogP contribution in [0.25, 0.3) is 11.0 Å². The van der Waals surface area contributed by atoms with E-state index < -0.39 is 23.5 Å². The molecule has 0 bridgehead atoms. The van der Waals surface area contributed by atoms with Crippen molar-refractivity contribution in [2.24, 2.45) is 0 Å². The number of fused-ring (bicyclic) bond motifs is 1. The van der Waals surface area contributed by atoms with E-state index in [0.717, 1.165) is 24.2 Å². The molecule has 2 aliphatic heterocycles. The van der Waals surface area contributed by atoms with Gasteiger partial charge in [-0.25, -0.2) is 0 Å². The van der Waals surface area contributed by atoms with E-state index in [1.54, 1.807) is 17.0 Å². The quantitative estimate of drug-likeness (QED) is 0.520. The fourth-order valence-corrected chi connectivity index (χ4v) is 4.73. The Balaban J connectivity index is 1.51. The predicted octanol–water partition coefficient (Wildman–Crippen LogP) is 3.66. The minimum Gasteiger partial charge on any atom is -0.503 e. The van der Waals surface area contributed by atoms with Crippen molar-refractivity contribution < 1.29 is 28.6 Å². The second-order valence-electron chi connectivity index (χ2n) is 8.85. The predicted molar refractivity (Wildman–Crippen MR) is 130 cm³/mol. The molecule has 182 valence electrons. The normalized spacial score (nSPS) is 19.1. The van der Waals surface area contributed by atoms with Gasteiger partial charge in [0.2, 0.25) is 5.78 Å². The van der Waals surface area contributed by atoms with Gasteiger partial charge in [-0.1, -0.05) is 42.0 Å². The fraction of sp³-hybridized carbons (Fsp3) is 0.333. The molecule has 1 amide bonds. The number of ether oxygens (including phenoxy) is 2. The van der Waals surface area contributed by atoms with Gasteiger partial charge in [0.15, 0.2) is 22.9 Å². The molecular formula is C27H28N2O6. The molecule has 1 N–H and O–H groups in total. The van der Waals surface area contributed by atoms with Crippen molar-refractivity contribution in [3.8, 4) is 5.75 Å². The Morgan fingerprint density at radius 1 is 1.11 bits per heavy atom. The summed E-state index contributed by atoms with van der Waals surface area (Å²) in [4.78, 5) is 30.7. The van der Waals surface area contributed by atoms with Crippen molar-refractivity contribution in [1.29, 1.82) is 0 Å². The van der Waals surface area contributed by atoms with Gasteiger partial charge in [0.1, 0.15) is 0 Å². The zero-order chi connectivity index (χ0) is 24.5. The Morgan fingerprint density at radius 2 is 1.86 bits per heavy atom. The summed E-state index contributed by atoms with van der Waals surface area (Å²) < 4.78 is 16.6. The lowest BCUT2D eigenvalue weighted by atomic mass is 9.94. The van der Waals surface area contributed by atoms with Crippen LogP contribution in [0.2, 0.25) is 0 Å². The molecular weight excluding hydrogens is 448 g/mol. The maximum atomic E-state index is 13.7. The lowest BCUT2D eigenvalue weighted by molar-refractivity contribution is -0.129. The number of aliphatic hydroxyl groups excluding tert-OH is 1. The first-order valence-electron chi connectivity index (χ1n) is 11.7. The number of methoxy groups -OCH3 is 1. The number of aliphatic hydroxyl groups is 1. The molecule has 35 heavy (non-hydrogen) atoms. The Kier molecular flexibility index (Phi) is 6.32. The average Bonchev–Trinajstić information content (AvgIpc) is 3.43. The zero-order valence-electron chi connectivity index (χ0n) is 19.8. The van der Waals surface area contributed by atoms with Gasteiger partial charge in [-0.05, 0) is 24.6 Å². The van der Waals surface area contributed by atoms with E-state index in [0.29, 0.717) is 43.0 Å². The van der Waals surface area contributed by atoms with Gasteiger partial charge in [0.05, 0.1) is 31.9 Å². The van der Waals surface area contributed by atoms with E-state index in [4.69, 9.17) is 13.9 Å². The van der Waals surface area contributed by atoms with Crippen molar-refractivity contribution in [1.82, 2.24) is 9.80 Å². The summed E-state index contributed by atoms with van der Waals surface area (Å²) in [5.74, 6) is -1.06. The monoisotopic (exact) mass is 476 g/mol. The van der Waals surface area contributed by atoms with Crippen LogP contribution in [-0.4, -0.2) is 73.1 Å². The minimum absolute atomic E-state index is 0.0267. The summed E-state index contributed by atoms with van der Waals surface area (Å²) in [5.41, 5.74) is 2.29. The highest BCUT2D eigenvalue weighted by Crippen LogP contribution is 2.40. The molecule has 2 aromatic carbocycles. The molecule has 8 heteroatoms. The van der Waals surface area contributed by atoms with Crippen LogP contribution in [0.3, 0.4) is 0 Å². The molecule has 0 aliphatic carbocycles. The Bertz CT molecular complexity index is 1290. The molecule has 0 radical (unpaired) electrons. The van der Waals surface area contributed by atoms with E-state index in [1.807, 2.05) is 43.3 Å². The number of para-hydroxylation sites is 1. The number of hydrogen-bond acceptors (Lipinski definition) is 7. The molecule has 1 atom stereocenters. The van der Waals surface area contributed by atoms with Gasteiger partial charge in [-0.3, -0.25) is 14.5 Å². The van der Waals surface area contributed by atoms with Crippen molar-refractivity contribution in [2.45, 2.75) is 13.0 Å². The number of aryl methyl sites for hydroxylation is 1. The van der Waals surface area contributed by atoms with Gasteiger partial charge < -0.3 is 23.9 Å². The number of benzene rings is 2. The number of nitrogens with zero attached hydrogens (tertiary/aromatic N) is 2. The number of carbonyl (C=O) groups excluding carboxylic acids is 2. The van der Waals surface area contributed by atoms with Crippen molar-refractivity contribution >= 4 is 22.7 Å². The van der Waals surface area contributed by atoms with Gasteiger partial charge in [-0.2, -0.15) is 0 Å². The van der Waals surface area contributed by atoms with Crippen molar-refractivity contribution in [2.75, 3.05) is 46.5 Å². The van der Waals surface area contributed by atoms with E-state index in [1.165, 1.54) is 7.11 Å². The Hall–Kier alpha value is -3.62. The van der Waals surface area contributed by atoms with Crippen LogP contribution in [0, 0.1) is 6.92 Å². The number of hydrogen-bond donors (Lipinski definition) is 1. The van der Waals surface area contributed by atoms with Gasteiger partial charge in [0.25, 0.3) is 5.91 Å². The smallest absolute Gasteiger partial charge is 0.290 e. The number of Topliss-reactive ketones (excluding diaryl/α,β-unsaturated/α-hetero) is 1. The summed E-state index contributed by atoms with van der Waals surface area (Å²) in [6, 6.07) is 13.9. The zero-order valence-corrected chi connectivity index (χ0v) is 19.8. The van der Waals surface area contributed by atoms with Crippen LogP contribution in [0.15, 0.2) is 64.3 Å². The largest absolute Gasteiger partial charge is 0.503 e. The lowest BCUT2D eigenvalue weighted by Gasteiger charge is -2.31. The third-order valence-corrected chi connectivity index (χ3v) is 6.65. The van der Waals surface area contributed by atoms with Gasteiger partial charge in [0, 0.05) is 31.6 Å². The van der Waals surface area contributed by atoms with E-state index in [9.17, 15) is 14.7 Å². The molecule has 0 saturated carbocycles. The number of rotatable bonds is 7. The van der Waals surface area contributed by atoms with Crippen LogP contribution in [0.1, 0.15) is 27.7 Å². The molecule has 5 rings (SSSR count). The summed E-state index contributed by atoms with van der Waals surface area (Å²) in [5, 5.41) is 11.6. The maximum Gasteiger partial charge on any atom is 0.290 e. The van der Waals surface area contributed by atoms with Gasteiger partial charge in [-0.15, -0.1) is 0 Å². The first-order valence-corrected chi connectivity index (χ1v) is 11.7. The number of carbonyl (C=O) groups is 2. The molecule has 3 heterocycles. The maximum absolute atomic E-state index is 13.7. The Labute approximate surface area is 203 Å². The highest BCUT2D eigenvalue weighted by Gasteiger charge is 2.44. The highest BCUT2D eigenvalue weighted by atomic mass is 16.5. The summed E-state index contributed by atoms with van der Waals surface area (Å²) in [6.07, 6.45) is 0. The first-order chi connectivity index (χ1) is 17.0. The first kappa shape index (κ1) is 23.1. The molecule has 0 unspecified atom stereocenters. The molecule has 1 fully saturated rings. The summed E-state index contributed by atoms with van der Waals surface area (Å²) in [7, 11) is 1.53. The standard InChI is InChI=1S/C27H28N2O6/c1-17-6-8-18(9-7-17)23-22(24(30)21-16-19-4-3-5-20(33-2)26(19)35-21)25(31)27(32)29(23)11-10-28-12-14-34-15-13-28/h3-9,16,23,31H,10-15H2,1-2H3/t23-/m0/s1. The molecule has 3 aromatic rings. The second-order valence-corrected chi connectivity index (χ2v) is 8.85. The second kappa shape index (κ2) is 9.56. The van der Waals surface area contributed by atoms with Gasteiger partial charge >= 0.3 is 0 Å². The number of furan rings is 1. The van der Waals surface area contributed by atoms with E-state index in [-0.39, 0.29) is 11.3 Å². The summed E-state index contributed by atoms with van der Waals surface area (Å²) in [6.45, 7) is 5.82. The third kappa shape index (κ3) is 4.31. The molecule has 8 nitrogen and oxygen atoms in total. The SMILES string of the molecule is COc1cccc2cc(C(=O)C3=C(O)C(=O)N(CCN4CCOCC4)[C@H]3c3ccc(C)cc3)oc12. The van der Waals surface area contributed by atoms with Crippen molar-refractivity contribution in [3.05, 3.63) is 76.8 Å². The van der Waals surface area contributed by atoms with E-state index >= 15 is 0 Å². The summed E-state index contributed by atoms with van der Waals surface area (Å²) >= 11 is 0. The molecule has 2 aliphatic rings. The average molecular weight is 477 g/mol. The molecule has 0 spiro atoms. The third-order valence-electron chi connectivity index (χ3n) is 6.65. The van der Waals surface area contributed by atoms with Crippen LogP contribution in [0.5, 0.6) is 5.75 Å². The van der Waals surface area contributed by atoms with Crippen LogP contribution in [0.4, 0.5) is 0 Å². The van der Waals surface area contributed by atoms with Crippen LogP contribution >= 0.6 is 0 Å². The Morgan fingerprint density at radius 3 is 2.57 bits per heavy atom. The minimum atomic E-state index is -0.716. The number of amides is 1. The molecule has 1 saturated heterocycles. The number of morpholine rings is 1. The van der Waals surface area contributed by atoms with Crippen molar-refractivity contribution in [3.63, 3.8) is 0 Å². The molecule has 1 aromatic heterocycles. The van der Waals surface area contributed by atoms with Crippen LogP contribution < -0.4 is 4.74 Å². The number of ketones is 1. The lowest BCUT2D eigenvalue weighted by Crippen LogP contribution is -2.43. The fourth-order valence-electron chi connectivity index (χ4n) is 4.73.